The lowest BCUT2D eigenvalue weighted by Crippen LogP contribution is -2.55. The van der Waals surface area contributed by atoms with Crippen LogP contribution in [0.25, 0.3) is 0 Å². The van der Waals surface area contributed by atoms with E-state index in [1.807, 2.05) is 46.8 Å². The summed E-state index contributed by atoms with van der Waals surface area (Å²) >= 11 is 0. The molecule has 0 aliphatic heterocycles. The monoisotopic (exact) mass is 252 g/mol. The van der Waals surface area contributed by atoms with Crippen LogP contribution in [0.2, 0.25) is 0 Å². The first-order valence-electron chi connectivity index (χ1n) is 6.15. The molecule has 0 saturated carbocycles. The lowest BCUT2D eigenvalue weighted by Gasteiger charge is -2.39. The molecule has 1 aromatic rings. The normalized spacial score (nSPS) is 12.6. The van der Waals surface area contributed by atoms with Crippen molar-refractivity contribution in [3.63, 3.8) is 0 Å². The Morgan fingerprint density at radius 1 is 1.33 bits per heavy atom. The molecule has 0 radical (unpaired) electrons. The SMILES string of the molecule is Cc1ccc(CN(C)C(=O)C(C)(C)C(C)(C)N)o1. The highest BCUT2D eigenvalue weighted by molar-refractivity contribution is 5.83. The minimum atomic E-state index is -0.622. The summed E-state index contributed by atoms with van der Waals surface area (Å²) in [6.45, 7) is 9.84. The van der Waals surface area contributed by atoms with Gasteiger partial charge in [0.15, 0.2) is 0 Å². The predicted octanol–water partition coefficient (Wildman–Crippen LogP) is 2.31. The smallest absolute Gasteiger partial charge is 0.230 e. The molecule has 102 valence electrons. The third-order valence-electron chi connectivity index (χ3n) is 3.68. The van der Waals surface area contributed by atoms with E-state index in [4.69, 9.17) is 10.2 Å². The van der Waals surface area contributed by atoms with Crippen LogP contribution in [-0.4, -0.2) is 23.4 Å². The molecule has 0 saturated heterocycles. The van der Waals surface area contributed by atoms with E-state index in [1.54, 1.807) is 11.9 Å². The van der Waals surface area contributed by atoms with Crippen LogP contribution in [0.15, 0.2) is 16.5 Å². The van der Waals surface area contributed by atoms with Gasteiger partial charge in [-0.25, -0.2) is 0 Å². The molecule has 1 aromatic heterocycles. The molecule has 0 unspecified atom stereocenters. The zero-order valence-corrected chi connectivity index (χ0v) is 12.2. The molecule has 0 aromatic carbocycles. The average molecular weight is 252 g/mol. The standard InChI is InChI=1S/C14H24N2O2/c1-10-7-8-11(18-10)9-16(6)12(17)13(2,3)14(4,5)15/h7-8H,9,15H2,1-6H3. The molecule has 0 aliphatic carbocycles. The van der Waals surface area contributed by atoms with Gasteiger partial charge in [0.25, 0.3) is 0 Å². The number of nitrogens with two attached hydrogens (primary N) is 1. The molecule has 1 amide bonds. The Kier molecular flexibility index (Phi) is 3.91. The van der Waals surface area contributed by atoms with Gasteiger partial charge in [-0.05, 0) is 46.8 Å². The van der Waals surface area contributed by atoms with Crippen molar-refractivity contribution in [2.24, 2.45) is 11.1 Å². The highest BCUT2D eigenvalue weighted by Crippen LogP contribution is 2.30. The topological polar surface area (TPSA) is 59.5 Å². The number of furan rings is 1. The molecule has 0 bridgehead atoms. The van der Waals surface area contributed by atoms with Crippen LogP contribution in [0.4, 0.5) is 0 Å². The zero-order valence-electron chi connectivity index (χ0n) is 12.2. The first-order chi connectivity index (χ1) is 8.05. The van der Waals surface area contributed by atoms with Crippen LogP contribution in [0.5, 0.6) is 0 Å². The van der Waals surface area contributed by atoms with Gasteiger partial charge >= 0.3 is 0 Å². The fourth-order valence-corrected chi connectivity index (χ4v) is 1.63. The van der Waals surface area contributed by atoms with Crippen LogP contribution in [0.1, 0.15) is 39.2 Å². The number of aryl methyl sites for hydroxylation is 1. The van der Waals surface area contributed by atoms with Crippen molar-refractivity contribution >= 4 is 5.91 Å². The Bertz CT molecular complexity index is 427. The molecule has 0 aliphatic rings. The lowest BCUT2D eigenvalue weighted by molar-refractivity contribution is -0.142. The highest BCUT2D eigenvalue weighted by Gasteiger charge is 2.42. The van der Waals surface area contributed by atoms with E-state index in [0.717, 1.165) is 11.5 Å². The molecule has 1 heterocycles. The van der Waals surface area contributed by atoms with Crippen molar-refractivity contribution in [2.75, 3.05) is 7.05 Å². The summed E-state index contributed by atoms with van der Waals surface area (Å²) in [5.74, 6) is 1.65. The molecule has 4 heteroatoms. The summed E-state index contributed by atoms with van der Waals surface area (Å²) in [5, 5.41) is 0. The first kappa shape index (κ1) is 14.8. The fraction of sp³-hybridized carbons (Fsp3) is 0.643. The lowest BCUT2D eigenvalue weighted by atomic mass is 9.74. The minimum absolute atomic E-state index is 0.0176. The van der Waals surface area contributed by atoms with Crippen molar-refractivity contribution in [3.05, 3.63) is 23.7 Å². The van der Waals surface area contributed by atoms with E-state index in [2.05, 4.69) is 0 Å². The van der Waals surface area contributed by atoms with Crippen molar-refractivity contribution in [1.29, 1.82) is 0 Å². The van der Waals surface area contributed by atoms with E-state index in [-0.39, 0.29) is 5.91 Å². The molecule has 4 nitrogen and oxygen atoms in total. The van der Waals surface area contributed by atoms with E-state index in [1.165, 1.54) is 0 Å². The maximum atomic E-state index is 12.4. The number of nitrogens with zero attached hydrogens (tertiary/aromatic N) is 1. The maximum absolute atomic E-state index is 12.4. The Morgan fingerprint density at radius 2 is 1.89 bits per heavy atom. The Balaban J connectivity index is 2.79. The van der Waals surface area contributed by atoms with E-state index in [0.29, 0.717) is 6.54 Å². The van der Waals surface area contributed by atoms with Gasteiger partial charge < -0.3 is 15.1 Å². The Hall–Kier alpha value is -1.29. The van der Waals surface area contributed by atoms with Gasteiger partial charge in [-0.3, -0.25) is 4.79 Å². The van der Waals surface area contributed by atoms with Gasteiger partial charge in [0.1, 0.15) is 11.5 Å². The van der Waals surface area contributed by atoms with Crippen LogP contribution in [0, 0.1) is 12.3 Å². The summed E-state index contributed by atoms with van der Waals surface area (Å²) in [5.41, 5.74) is 4.88. The third kappa shape index (κ3) is 2.93. The summed E-state index contributed by atoms with van der Waals surface area (Å²) < 4.78 is 5.48. The summed E-state index contributed by atoms with van der Waals surface area (Å²) in [4.78, 5) is 14.1. The Morgan fingerprint density at radius 3 is 2.28 bits per heavy atom. The largest absolute Gasteiger partial charge is 0.464 e. The molecule has 18 heavy (non-hydrogen) atoms. The van der Waals surface area contributed by atoms with Gasteiger partial charge in [0, 0.05) is 12.6 Å². The van der Waals surface area contributed by atoms with E-state index < -0.39 is 11.0 Å². The minimum Gasteiger partial charge on any atom is -0.464 e. The summed E-state index contributed by atoms with van der Waals surface area (Å²) in [6.07, 6.45) is 0. The van der Waals surface area contributed by atoms with Gasteiger partial charge in [-0.1, -0.05) is 0 Å². The van der Waals surface area contributed by atoms with Crippen LogP contribution in [0.3, 0.4) is 0 Å². The maximum Gasteiger partial charge on any atom is 0.230 e. The predicted molar refractivity (Wildman–Crippen MR) is 72.0 cm³/mol. The molecule has 0 fully saturated rings. The number of hydrogen-bond acceptors (Lipinski definition) is 3. The Labute approximate surface area is 109 Å². The van der Waals surface area contributed by atoms with E-state index in [9.17, 15) is 4.79 Å². The number of rotatable bonds is 4. The highest BCUT2D eigenvalue weighted by atomic mass is 16.3. The molecule has 0 spiro atoms. The van der Waals surface area contributed by atoms with Crippen LogP contribution >= 0.6 is 0 Å². The zero-order chi connectivity index (χ0) is 14.1. The van der Waals surface area contributed by atoms with Gasteiger partial charge in [0.2, 0.25) is 5.91 Å². The van der Waals surface area contributed by atoms with Crippen molar-refractivity contribution in [1.82, 2.24) is 4.90 Å². The average Bonchev–Trinajstić information content (AvgIpc) is 2.61. The molecule has 0 atom stereocenters. The van der Waals surface area contributed by atoms with Crippen molar-refractivity contribution < 1.29 is 9.21 Å². The van der Waals surface area contributed by atoms with Gasteiger partial charge in [-0.15, -0.1) is 0 Å². The van der Waals surface area contributed by atoms with Gasteiger partial charge in [-0.2, -0.15) is 0 Å². The van der Waals surface area contributed by atoms with Crippen molar-refractivity contribution in [2.45, 2.75) is 46.7 Å². The number of carbonyl (C=O) groups is 1. The summed E-state index contributed by atoms with van der Waals surface area (Å²) in [6, 6.07) is 3.78. The number of hydrogen-bond donors (Lipinski definition) is 1. The number of amides is 1. The molecular formula is C14H24N2O2. The summed E-state index contributed by atoms with van der Waals surface area (Å²) in [7, 11) is 1.77. The molecular weight excluding hydrogens is 228 g/mol. The second kappa shape index (κ2) is 4.76. The van der Waals surface area contributed by atoms with Crippen LogP contribution < -0.4 is 5.73 Å². The second-order valence-corrected chi connectivity index (χ2v) is 6.02. The first-order valence-corrected chi connectivity index (χ1v) is 6.15. The third-order valence-corrected chi connectivity index (χ3v) is 3.68. The molecule has 2 N–H and O–H groups in total. The van der Waals surface area contributed by atoms with Gasteiger partial charge in [0.05, 0.1) is 12.0 Å². The fourth-order valence-electron chi connectivity index (χ4n) is 1.63. The second-order valence-electron chi connectivity index (χ2n) is 6.02. The van der Waals surface area contributed by atoms with Crippen molar-refractivity contribution in [3.8, 4) is 0 Å². The van der Waals surface area contributed by atoms with E-state index >= 15 is 0 Å². The quantitative estimate of drug-likeness (QED) is 0.894. The van der Waals surface area contributed by atoms with Crippen LogP contribution in [-0.2, 0) is 11.3 Å². The molecule has 1 rings (SSSR count). The number of carbonyl (C=O) groups excluding carboxylic acids is 1.